The Morgan fingerprint density at radius 2 is 1.72 bits per heavy atom. The molecule has 0 aromatic heterocycles. The molecule has 25 heavy (non-hydrogen) atoms. The minimum Gasteiger partial charge on any atom is -0.496 e. The van der Waals surface area contributed by atoms with Crippen molar-refractivity contribution < 1.29 is 19.1 Å². The molecule has 0 aliphatic carbocycles. The maximum atomic E-state index is 12.1. The largest absolute Gasteiger partial charge is 0.496 e. The van der Waals surface area contributed by atoms with Crippen LogP contribution in [0.4, 0.5) is 0 Å². The summed E-state index contributed by atoms with van der Waals surface area (Å²) >= 11 is 5.85. The molecule has 0 spiro atoms. The molecule has 0 saturated carbocycles. The van der Waals surface area contributed by atoms with Gasteiger partial charge in [-0.3, -0.25) is 25.2 Å². The van der Waals surface area contributed by atoms with Crippen LogP contribution >= 0.6 is 11.6 Å². The summed E-state index contributed by atoms with van der Waals surface area (Å²) in [5.41, 5.74) is 5.05. The van der Waals surface area contributed by atoms with Crippen molar-refractivity contribution in [2.75, 3.05) is 13.7 Å². The molecule has 2 aromatic carbocycles. The third-order valence-electron chi connectivity index (χ3n) is 3.17. The molecule has 0 atom stereocenters. The van der Waals surface area contributed by atoms with Gasteiger partial charge in [0.25, 0.3) is 17.7 Å². The summed E-state index contributed by atoms with van der Waals surface area (Å²) in [5, 5.41) is 2.80. The average molecular weight is 362 g/mol. The number of methoxy groups -OCH3 is 1. The predicted molar refractivity (Wildman–Crippen MR) is 92.4 cm³/mol. The first kappa shape index (κ1) is 18.3. The smallest absolute Gasteiger partial charge is 0.273 e. The minimum atomic E-state index is -0.595. The van der Waals surface area contributed by atoms with E-state index in [2.05, 4.69) is 16.2 Å². The molecule has 0 radical (unpaired) electrons. The maximum Gasteiger partial charge on any atom is 0.273 e. The Bertz CT molecular complexity index is 781. The van der Waals surface area contributed by atoms with Crippen molar-refractivity contribution in [3.05, 3.63) is 64.7 Å². The second-order valence-corrected chi connectivity index (χ2v) is 5.33. The van der Waals surface area contributed by atoms with E-state index in [1.807, 2.05) is 0 Å². The molecule has 0 heterocycles. The zero-order chi connectivity index (χ0) is 18.2. The van der Waals surface area contributed by atoms with Gasteiger partial charge >= 0.3 is 0 Å². The topological polar surface area (TPSA) is 96.5 Å². The van der Waals surface area contributed by atoms with Gasteiger partial charge in [-0.15, -0.1) is 0 Å². The third kappa shape index (κ3) is 5.22. The van der Waals surface area contributed by atoms with Gasteiger partial charge in [0.05, 0.1) is 19.2 Å². The summed E-state index contributed by atoms with van der Waals surface area (Å²) < 4.78 is 5.07. The molecule has 0 aliphatic heterocycles. The summed E-state index contributed by atoms with van der Waals surface area (Å²) in [6.07, 6.45) is 0. The Morgan fingerprint density at radius 3 is 2.40 bits per heavy atom. The SMILES string of the molecule is COc1ccc(Cl)cc1C(=O)NNC(=O)CNC(=O)c1ccccc1. The summed E-state index contributed by atoms with van der Waals surface area (Å²) in [7, 11) is 1.41. The molecule has 8 heteroatoms. The molecule has 7 nitrogen and oxygen atoms in total. The van der Waals surface area contributed by atoms with Crippen molar-refractivity contribution in [2.24, 2.45) is 0 Å². The van der Waals surface area contributed by atoms with Crippen LogP contribution in [0.1, 0.15) is 20.7 Å². The van der Waals surface area contributed by atoms with Crippen LogP contribution in [0.15, 0.2) is 48.5 Å². The van der Waals surface area contributed by atoms with E-state index in [0.29, 0.717) is 16.3 Å². The van der Waals surface area contributed by atoms with Gasteiger partial charge in [-0.25, -0.2) is 0 Å². The van der Waals surface area contributed by atoms with E-state index in [4.69, 9.17) is 16.3 Å². The predicted octanol–water partition coefficient (Wildman–Crippen LogP) is 1.54. The number of amides is 3. The van der Waals surface area contributed by atoms with E-state index in [0.717, 1.165) is 0 Å². The van der Waals surface area contributed by atoms with E-state index in [1.165, 1.54) is 13.2 Å². The van der Waals surface area contributed by atoms with Gasteiger partial charge in [0.15, 0.2) is 0 Å². The number of carbonyl (C=O) groups is 3. The fourth-order valence-electron chi connectivity index (χ4n) is 1.95. The Labute approximate surface area is 149 Å². The van der Waals surface area contributed by atoms with Crippen molar-refractivity contribution in [1.29, 1.82) is 0 Å². The van der Waals surface area contributed by atoms with Gasteiger partial charge in [-0.2, -0.15) is 0 Å². The number of hydrogen-bond donors (Lipinski definition) is 3. The number of hydrazine groups is 1. The monoisotopic (exact) mass is 361 g/mol. The molecule has 0 saturated heterocycles. The number of ether oxygens (including phenoxy) is 1. The van der Waals surface area contributed by atoms with Crippen molar-refractivity contribution >= 4 is 29.3 Å². The van der Waals surface area contributed by atoms with Gasteiger partial charge < -0.3 is 10.1 Å². The van der Waals surface area contributed by atoms with Crippen LogP contribution in [0.2, 0.25) is 5.02 Å². The van der Waals surface area contributed by atoms with Gasteiger partial charge in [0.1, 0.15) is 5.75 Å². The number of rotatable bonds is 5. The summed E-state index contributed by atoms with van der Waals surface area (Å²) in [6, 6.07) is 13.0. The summed E-state index contributed by atoms with van der Waals surface area (Å²) in [5.74, 6) is -1.26. The third-order valence-corrected chi connectivity index (χ3v) is 3.40. The number of benzene rings is 2. The van der Waals surface area contributed by atoms with Crippen LogP contribution in [-0.2, 0) is 4.79 Å². The fourth-order valence-corrected chi connectivity index (χ4v) is 2.12. The molecular weight excluding hydrogens is 346 g/mol. The van der Waals surface area contributed by atoms with Crippen molar-refractivity contribution in [1.82, 2.24) is 16.2 Å². The fraction of sp³-hybridized carbons (Fsp3) is 0.118. The summed E-state index contributed by atoms with van der Waals surface area (Å²) in [6.45, 7) is -0.291. The van der Waals surface area contributed by atoms with Gasteiger partial charge in [0.2, 0.25) is 0 Å². The van der Waals surface area contributed by atoms with Crippen LogP contribution < -0.4 is 20.9 Å². The zero-order valence-corrected chi connectivity index (χ0v) is 14.1. The normalized spacial score (nSPS) is 9.84. The molecule has 3 N–H and O–H groups in total. The molecular formula is C17H16ClN3O4. The lowest BCUT2D eigenvalue weighted by molar-refractivity contribution is -0.120. The Kier molecular flexibility index (Phi) is 6.36. The number of hydrogen-bond acceptors (Lipinski definition) is 4. The summed E-state index contributed by atoms with van der Waals surface area (Å²) in [4.78, 5) is 35.6. The highest BCUT2D eigenvalue weighted by Gasteiger charge is 2.14. The van der Waals surface area contributed by atoms with Gasteiger partial charge in [-0.05, 0) is 30.3 Å². The van der Waals surface area contributed by atoms with Crippen LogP contribution in [0.5, 0.6) is 5.75 Å². The quantitative estimate of drug-likeness (QED) is 0.704. The number of halogens is 1. The second-order valence-electron chi connectivity index (χ2n) is 4.90. The van der Waals surface area contributed by atoms with Crippen LogP contribution in [-0.4, -0.2) is 31.4 Å². The highest BCUT2D eigenvalue weighted by atomic mass is 35.5. The maximum absolute atomic E-state index is 12.1. The highest BCUT2D eigenvalue weighted by molar-refractivity contribution is 6.31. The van der Waals surface area contributed by atoms with Crippen molar-refractivity contribution in [3.8, 4) is 5.75 Å². The first-order chi connectivity index (χ1) is 12.0. The van der Waals surface area contributed by atoms with E-state index >= 15 is 0 Å². The Balaban J connectivity index is 1.85. The Hall–Kier alpha value is -3.06. The molecule has 2 aromatic rings. The van der Waals surface area contributed by atoms with Crippen molar-refractivity contribution in [3.63, 3.8) is 0 Å². The number of nitrogens with one attached hydrogen (secondary N) is 3. The van der Waals surface area contributed by atoms with E-state index in [-0.39, 0.29) is 12.1 Å². The van der Waals surface area contributed by atoms with E-state index in [1.54, 1.807) is 42.5 Å². The number of carbonyl (C=O) groups excluding carboxylic acids is 3. The molecule has 0 fully saturated rings. The van der Waals surface area contributed by atoms with Crippen LogP contribution in [0, 0.1) is 0 Å². The second kappa shape index (κ2) is 8.70. The highest BCUT2D eigenvalue weighted by Crippen LogP contribution is 2.22. The Morgan fingerprint density at radius 1 is 1.00 bits per heavy atom. The molecule has 2 rings (SSSR count). The lowest BCUT2D eigenvalue weighted by atomic mass is 10.2. The lowest BCUT2D eigenvalue weighted by Gasteiger charge is -2.11. The molecule has 130 valence electrons. The average Bonchev–Trinajstić information content (AvgIpc) is 2.64. The van der Waals surface area contributed by atoms with E-state index < -0.39 is 17.7 Å². The lowest BCUT2D eigenvalue weighted by Crippen LogP contribution is -2.46. The van der Waals surface area contributed by atoms with Gasteiger partial charge in [-0.1, -0.05) is 29.8 Å². The van der Waals surface area contributed by atoms with Gasteiger partial charge in [0, 0.05) is 10.6 Å². The first-order valence-corrected chi connectivity index (χ1v) is 7.65. The molecule has 0 aliphatic rings. The minimum absolute atomic E-state index is 0.170. The molecule has 3 amide bonds. The standard InChI is InChI=1S/C17H16ClN3O4/c1-25-14-8-7-12(18)9-13(14)17(24)21-20-15(22)10-19-16(23)11-5-3-2-4-6-11/h2-9H,10H2,1H3,(H,19,23)(H,20,22)(H,21,24). The zero-order valence-electron chi connectivity index (χ0n) is 13.3. The van der Waals surface area contributed by atoms with Crippen LogP contribution in [0.25, 0.3) is 0 Å². The van der Waals surface area contributed by atoms with Crippen LogP contribution in [0.3, 0.4) is 0 Å². The molecule has 0 bridgehead atoms. The van der Waals surface area contributed by atoms with Crippen molar-refractivity contribution in [2.45, 2.75) is 0 Å². The first-order valence-electron chi connectivity index (χ1n) is 7.27. The van der Waals surface area contributed by atoms with E-state index in [9.17, 15) is 14.4 Å². The molecule has 0 unspecified atom stereocenters.